The molecule has 0 atom stereocenters. The third-order valence-corrected chi connectivity index (χ3v) is 3.75. The maximum absolute atomic E-state index is 12.0. The smallest absolute Gasteiger partial charge is 0.339 e. The number of anilines is 1. The van der Waals surface area contributed by atoms with E-state index in [0.717, 1.165) is 5.56 Å². The van der Waals surface area contributed by atoms with Crippen LogP contribution in [0.2, 0.25) is 0 Å². The number of benzene rings is 2. The summed E-state index contributed by atoms with van der Waals surface area (Å²) >= 11 is 3.27. The Labute approximate surface area is 142 Å². The molecule has 0 aromatic heterocycles. The molecule has 0 aliphatic carbocycles. The summed E-state index contributed by atoms with van der Waals surface area (Å²) < 4.78 is 10.8. The summed E-state index contributed by atoms with van der Waals surface area (Å²) in [5, 5.41) is 2.67. The first-order valence-corrected chi connectivity index (χ1v) is 7.66. The highest BCUT2D eigenvalue weighted by Crippen LogP contribution is 2.25. The fraction of sp³-hybridized carbons (Fsp3) is 0.176. The van der Waals surface area contributed by atoms with Crippen LogP contribution in [0.5, 0.6) is 5.75 Å². The normalized spacial score (nSPS) is 10.0. The van der Waals surface area contributed by atoms with E-state index in [1.54, 1.807) is 36.4 Å². The quantitative estimate of drug-likeness (QED) is 0.809. The molecule has 2 rings (SSSR count). The Balaban J connectivity index is 1.97. The number of hydrogen-bond donors (Lipinski definition) is 1. The van der Waals surface area contributed by atoms with Crippen molar-refractivity contribution in [3.05, 3.63) is 58.1 Å². The fourth-order valence-corrected chi connectivity index (χ4v) is 2.39. The van der Waals surface area contributed by atoms with Crippen LogP contribution in [-0.4, -0.2) is 25.6 Å². The van der Waals surface area contributed by atoms with Crippen LogP contribution in [0.15, 0.2) is 46.9 Å². The van der Waals surface area contributed by atoms with E-state index in [1.807, 2.05) is 13.0 Å². The number of carbonyl (C=O) groups excluding carboxylic acids is 2. The van der Waals surface area contributed by atoms with Crippen molar-refractivity contribution in [1.29, 1.82) is 0 Å². The first-order valence-electron chi connectivity index (χ1n) is 6.87. The summed E-state index contributed by atoms with van der Waals surface area (Å²) in [6.07, 6.45) is 0. The lowest BCUT2D eigenvalue weighted by atomic mass is 10.2. The van der Waals surface area contributed by atoms with Crippen LogP contribution in [0, 0.1) is 6.92 Å². The number of esters is 1. The summed E-state index contributed by atoms with van der Waals surface area (Å²) in [5.74, 6) is -0.459. The average Bonchev–Trinajstić information content (AvgIpc) is 2.53. The minimum atomic E-state index is -0.566. The van der Waals surface area contributed by atoms with Gasteiger partial charge in [0, 0.05) is 4.47 Å². The molecule has 0 unspecified atom stereocenters. The molecule has 5 nitrogen and oxygen atoms in total. The van der Waals surface area contributed by atoms with Crippen molar-refractivity contribution in [2.45, 2.75) is 6.92 Å². The zero-order valence-corrected chi connectivity index (χ0v) is 14.3. The molecule has 0 aliphatic heterocycles. The van der Waals surface area contributed by atoms with Crippen LogP contribution < -0.4 is 10.1 Å². The molecular weight excluding hydrogens is 362 g/mol. The van der Waals surface area contributed by atoms with Gasteiger partial charge >= 0.3 is 5.97 Å². The first-order chi connectivity index (χ1) is 11.0. The van der Waals surface area contributed by atoms with Gasteiger partial charge in [-0.15, -0.1) is 0 Å². The van der Waals surface area contributed by atoms with E-state index in [9.17, 15) is 9.59 Å². The van der Waals surface area contributed by atoms with Gasteiger partial charge in [0.15, 0.2) is 6.61 Å². The van der Waals surface area contributed by atoms with Gasteiger partial charge in [0.05, 0.1) is 18.4 Å². The predicted molar refractivity (Wildman–Crippen MR) is 90.8 cm³/mol. The van der Waals surface area contributed by atoms with Crippen molar-refractivity contribution in [1.82, 2.24) is 0 Å². The molecule has 120 valence electrons. The zero-order valence-electron chi connectivity index (χ0n) is 12.8. The lowest BCUT2D eigenvalue weighted by Gasteiger charge is -2.11. The number of nitrogens with one attached hydrogen (secondary N) is 1. The van der Waals surface area contributed by atoms with Crippen LogP contribution in [0.4, 0.5) is 5.69 Å². The number of amides is 1. The van der Waals surface area contributed by atoms with Gasteiger partial charge in [-0.3, -0.25) is 4.79 Å². The van der Waals surface area contributed by atoms with E-state index in [0.29, 0.717) is 21.5 Å². The number of carbonyl (C=O) groups is 2. The standard InChI is InChI=1S/C17H16BrNO4/c1-11-7-8-15(22-2)14(9-11)19-16(20)10-23-17(21)12-5-3-4-6-13(12)18/h3-9H,10H2,1-2H3,(H,19,20). The third kappa shape index (κ3) is 4.56. The highest BCUT2D eigenvalue weighted by Gasteiger charge is 2.14. The molecule has 0 radical (unpaired) electrons. The van der Waals surface area contributed by atoms with Gasteiger partial charge in [-0.2, -0.15) is 0 Å². The molecule has 0 spiro atoms. The van der Waals surface area contributed by atoms with Crippen LogP contribution in [-0.2, 0) is 9.53 Å². The van der Waals surface area contributed by atoms with E-state index >= 15 is 0 Å². The monoisotopic (exact) mass is 377 g/mol. The van der Waals surface area contributed by atoms with Crippen LogP contribution >= 0.6 is 15.9 Å². The van der Waals surface area contributed by atoms with Crippen LogP contribution in [0.3, 0.4) is 0 Å². The van der Waals surface area contributed by atoms with Gasteiger partial charge in [0.25, 0.3) is 5.91 Å². The second-order valence-corrected chi connectivity index (χ2v) is 5.66. The van der Waals surface area contributed by atoms with E-state index in [4.69, 9.17) is 9.47 Å². The summed E-state index contributed by atoms with van der Waals surface area (Å²) in [6, 6.07) is 12.3. The fourth-order valence-electron chi connectivity index (χ4n) is 1.94. The summed E-state index contributed by atoms with van der Waals surface area (Å²) in [5.41, 5.74) is 1.88. The third-order valence-electron chi connectivity index (χ3n) is 3.06. The van der Waals surface area contributed by atoms with Crippen molar-refractivity contribution in [2.75, 3.05) is 19.0 Å². The lowest BCUT2D eigenvalue weighted by Crippen LogP contribution is -2.21. The molecule has 0 aliphatic rings. The van der Waals surface area contributed by atoms with Gasteiger partial charge in [0.1, 0.15) is 5.75 Å². The maximum atomic E-state index is 12.0. The van der Waals surface area contributed by atoms with Gasteiger partial charge in [-0.1, -0.05) is 18.2 Å². The van der Waals surface area contributed by atoms with Crippen molar-refractivity contribution >= 4 is 33.5 Å². The molecule has 23 heavy (non-hydrogen) atoms. The minimum Gasteiger partial charge on any atom is -0.495 e. The Morgan fingerprint density at radius 2 is 1.91 bits per heavy atom. The predicted octanol–water partition coefficient (Wildman–Crippen LogP) is 3.56. The number of halogens is 1. The molecule has 6 heteroatoms. The maximum Gasteiger partial charge on any atom is 0.339 e. The number of aryl methyl sites for hydroxylation is 1. The van der Waals surface area contributed by atoms with Gasteiger partial charge in [-0.05, 0) is 52.7 Å². The van der Waals surface area contributed by atoms with Crippen LogP contribution in [0.25, 0.3) is 0 Å². The zero-order chi connectivity index (χ0) is 16.8. The Kier molecular flexibility index (Phi) is 5.76. The van der Waals surface area contributed by atoms with Crippen molar-refractivity contribution < 1.29 is 19.1 Å². The molecular formula is C17H16BrNO4. The minimum absolute atomic E-state index is 0.369. The molecule has 0 saturated carbocycles. The molecule has 1 amide bonds. The highest BCUT2D eigenvalue weighted by molar-refractivity contribution is 9.10. The Hall–Kier alpha value is -2.34. The second-order valence-electron chi connectivity index (χ2n) is 4.81. The molecule has 0 fully saturated rings. The van der Waals surface area contributed by atoms with E-state index in [1.165, 1.54) is 7.11 Å². The number of methoxy groups -OCH3 is 1. The largest absolute Gasteiger partial charge is 0.495 e. The average molecular weight is 378 g/mol. The van der Waals surface area contributed by atoms with E-state index < -0.39 is 11.9 Å². The van der Waals surface area contributed by atoms with Crippen molar-refractivity contribution in [3.8, 4) is 5.75 Å². The Morgan fingerprint density at radius 1 is 1.17 bits per heavy atom. The number of rotatable bonds is 5. The summed E-state index contributed by atoms with van der Waals surface area (Å²) in [6.45, 7) is 1.53. The van der Waals surface area contributed by atoms with Gasteiger partial charge < -0.3 is 14.8 Å². The van der Waals surface area contributed by atoms with Crippen molar-refractivity contribution in [2.24, 2.45) is 0 Å². The summed E-state index contributed by atoms with van der Waals surface area (Å²) in [4.78, 5) is 23.9. The highest BCUT2D eigenvalue weighted by atomic mass is 79.9. The van der Waals surface area contributed by atoms with Gasteiger partial charge in [-0.25, -0.2) is 4.79 Å². The number of ether oxygens (including phenoxy) is 2. The van der Waals surface area contributed by atoms with Crippen LogP contribution in [0.1, 0.15) is 15.9 Å². The lowest BCUT2D eigenvalue weighted by molar-refractivity contribution is -0.119. The summed E-state index contributed by atoms with van der Waals surface area (Å²) in [7, 11) is 1.52. The Bertz CT molecular complexity index is 730. The molecule has 1 N–H and O–H groups in total. The van der Waals surface area contributed by atoms with Crippen molar-refractivity contribution in [3.63, 3.8) is 0 Å². The number of hydrogen-bond acceptors (Lipinski definition) is 4. The molecule has 0 heterocycles. The second kappa shape index (κ2) is 7.78. The Morgan fingerprint density at radius 3 is 2.61 bits per heavy atom. The SMILES string of the molecule is COc1ccc(C)cc1NC(=O)COC(=O)c1ccccc1Br. The topological polar surface area (TPSA) is 64.6 Å². The molecule has 2 aromatic rings. The molecule has 2 aromatic carbocycles. The first kappa shape index (κ1) is 17.0. The van der Waals surface area contributed by atoms with E-state index in [2.05, 4.69) is 21.2 Å². The molecule has 0 bridgehead atoms. The molecule has 0 saturated heterocycles. The van der Waals surface area contributed by atoms with E-state index in [-0.39, 0.29) is 6.61 Å². The van der Waals surface area contributed by atoms with Gasteiger partial charge in [0.2, 0.25) is 0 Å².